The zero-order chi connectivity index (χ0) is 22.8. The van der Waals surface area contributed by atoms with E-state index in [2.05, 4.69) is 34.9 Å². The summed E-state index contributed by atoms with van der Waals surface area (Å²) in [6, 6.07) is 7.39. The molecule has 8 rings (SSSR count). The number of rotatable bonds is 4. The van der Waals surface area contributed by atoms with Crippen molar-refractivity contribution in [2.24, 2.45) is 0 Å². The fraction of sp³-hybridized carbons (Fsp3) is 0.577. The van der Waals surface area contributed by atoms with Gasteiger partial charge in [0.15, 0.2) is 5.82 Å². The van der Waals surface area contributed by atoms with Crippen LogP contribution in [0, 0.1) is 13.8 Å². The first kappa shape index (κ1) is 20.8. The monoisotopic (exact) mass is 460 g/mol. The Bertz CT molecular complexity index is 1210. The summed E-state index contributed by atoms with van der Waals surface area (Å²) >= 11 is 0. The molecule has 0 radical (unpaired) electrons. The van der Waals surface area contributed by atoms with E-state index in [9.17, 15) is 0 Å². The molecule has 0 amide bonds. The number of fused-ring (bicyclic) bond motifs is 3. The normalized spacial score (nSPS) is 26.0. The summed E-state index contributed by atoms with van der Waals surface area (Å²) in [5.41, 5.74) is 3.95. The molecule has 2 bridgehead atoms. The van der Waals surface area contributed by atoms with E-state index in [0.29, 0.717) is 24.2 Å². The SMILES string of the molecule is Cc1nc(N2CC3CC(C2)O3)cc(-n2ncc3cc(C)c(C4CCN(C5COC5)CC4)cc32)n1. The number of ether oxygens (including phenoxy) is 2. The van der Waals surface area contributed by atoms with Crippen molar-refractivity contribution in [2.45, 2.75) is 57.3 Å². The number of aromatic nitrogens is 4. The van der Waals surface area contributed by atoms with Crippen LogP contribution in [0.1, 0.15) is 42.1 Å². The van der Waals surface area contributed by atoms with Crippen molar-refractivity contribution in [1.82, 2.24) is 24.6 Å². The maximum atomic E-state index is 5.82. The Balaban J connectivity index is 1.20. The molecule has 2 aromatic heterocycles. The fourth-order valence-corrected chi connectivity index (χ4v) is 6.19. The van der Waals surface area contributed by atoms with Crippen LogP contribution >= 0.6 is 0 Å². The molecule has 5 aliphatic heterocycles. The second-order valence-corrected chi connectivity index (χ2v) is 10.5. The lowest BCUT2D eigenvalue weighted by Gasteiger charge is -2.47. The van der Waals surface area contributed by atoms with Crippen molar-refractivity contribution >= 4 is 16.7 Å². The molecule has 0 N–H and O–H groups in total. The Labute approximate surface area is 199 Å². The minimum atomic E-state index is 0.344. The van der Waals surface area contributed by atoms with Crippen molar-refractivity contribution in [3.63, 3.8) is 0 Å². The molecule has 178 valence electrons. The van der Waals surface area contributed by atoms with Gasteiger partial charge < -0.3 is 14.4 Å². The average molecular weight is 461 g/mol. The molecule has 5 aliphatic rings. The van der Waals surface area contributed by atoms with E-state index in [4.69, 9.17) is 24.5 Å². The van der Waals surface area contributed by atoms with Gasteiger partial charge in [0.25, 0.3) is 0 Å². The van der Waals surface area contributed by atoms with E-state index in [1.165, 1.54) is 30.4 Å². The highest BCUT2D eigenvalue weighted by molar-refractivity contribution is 5.82. The largest absolute Gasteiger partial charge is 0.378 e. The minimum absolute atomic E-state index is 0.344. The number of likely N-dealkylation sites (tertiary alicyclic amines) is 1. The van der Waals surface area contributed by atoms with Gasteiger partial charge in [-0.05, 0) is 69.0 Å². The molecule has 3 aromatic rings. The number of nitrogens with zero attached hydrogens (tertiary/aromatic N) is 6. The van der Waals surface area contributed by atoms with E-state index >= 15 is 0 Å². The van der Waals surface area contributed by atoms with Gasteiger partial charge in [-0.1, -0.05) is 0 Å². The van der Waals surface area contributed by atoms with Gasteiger partial charge in [0.2, 0.25) is 0 Å². The Hall–Kier alpha value is -2.55. The lowest BCUT2D eigenvalue weighted by atomic mass is 9.85. The Morgan fingerprint density at radius 1 is 0.941 bits per heavy atom. The number of benzene rings is 1. The molecule has 7 heterocycles. The molecular formula is C26H32N6O2. The van der Waals surface area contributed by atoms with Gasteiger partial charge in [0.05, 0.1) is 43.2 Å². The maximum absolute atomic E-state index is 5.82. The van der Waals surface area contributed by atoms with E-state index in [1.807, 2.05) is 17.8 Å². The number of aryl methyl sites for hydroxylation is 2. The van der Waals surface area contributed by atoms with E-state index in [1.54, 1.807) is 0 Å². The summed E-state index contributed by atoms with van der Waals surface area (Å²) in [7, 11) is 0. The first-order valence-corrected chi connectivity index (χ1v) is 12.7. The predicted molar refractivity (Wildman–Crippen MR) is 130 cm³/mol. The van der Waals surface area contributed by atoms with Crippen molar-refractivity contribution in [2.75, 3.05) is 44.3 Å². The highest BCUT2D eigenvalue weighted by Gasteiger charge is 2.39. The number of piperidine rings is 2. The molecule has 8 nitrogen and oxygen atoms in total. The number of hydrogen-bond donors (Lipinski definition) is 0. The summed E-state index contributed by atoms with van der Waals surface area (Å²) in [5.74, 6) is 3.18. The van der Waals surface area contributed by atoms with Gasteiger partial charge in [0.1, 0.15) is 11.6 Å². The predicted octanol–water partition coefficient (Wildman–Crippen LogP) is 2.99. The van der Waals surface area contributed by atoms with E-state index < -0.39 is 0 Å². The molecule has 0 spiro atoms. The lowest BCUT2D eigenvalue weighted by Crippen LogP contribution is -2.57. The third kappa shape index (κ3) is 3.51. The van der Waals surface area contributed by atoms with Crippen LogP contribution in [0.4, 0.5) is 5.82 Å². The molecule has 34 heavy (non-hydrogen) atoms. The van der Waals surface area contributed by atoms with E-state index in [-0.39, 0.29) is 0 Å². The Kier molecular flexibility index (Phi) is 4.89. The highest BCUT2D eigenvalue weighted by Crippen LogP contribution is 2.35. The average Bonchev–Trinajstić information content (AvgIpc) is 3.20. The standard InChI is InChI=1S/C26H32N6O2/c1-16-7-19-11-27-32(24(19)9-23(16)18-3-5-30(6-4-18)20-14-33-15-20)26-10-25(28-17(2)29-26)31-12-21-8-22(13-31)34-21/h7,9-11,18,20-22H,3-6,8,12-15H2,1-2H3. The Morgan fingerprint density at radius 2 is 1.68 bits per heavy atom. The highest BCUT2D eigenvalue weighted by atomic mass is 16.5. The fourth-order valence-electron chi connectivity index (χ4n) is 6.19. The third-order valence-electron chi connectivity index (χ3n) is 8.17. The summed E-state index contributed by atoms with van der Waals surface area (Å²) < 4.78 is 13.2. The summed E-state index contributed by atoms with van der Waals surface area (Å²) in [6.07, 6.45) is 6.23. The van der Waals surface area contributed by atoms with Crippen LogP contribution in [0.15, 0.2) is 24.4 Å². The van der Waals surface area contributed by atoms with E-state index in [0.717, 1.165) is 67.8 Å². The van der Waals surface area contributed by atoms with Gasteiger partial charge in [-0.2, -0.15) is 5.10 Å². The van der Waals surface area contributed by atoms with Crippen LogP contribution in [-0.4, -0.2) is 82.3 Å². The van der Waals surface area contributed by atoms with Gasteiger partial charge in [-0.3, -0.25) is 4.90 Å². The van der Waals surface area contributed by atoms with Crippen LogP contribution in [0.5, 0.6) is 0 Å². The minimum Gasteiger partial charge on any atom is -0.378 e. The second-order valence-electron chi connectivity index (χ2n) is 10.5. The molecular weight excluding hydrogens is 428 g/mol. The molecule has 5 saturated heterocycles. The summed E-state index contributed by atoms with van der Waals surface area (Å²) in [6.45, 7) is 10.1. The topological polar surface area (TPSA) is 68.5 Å². The maximum Gasteiger partial charge on any atom is 0.159 e. The summed E-state index contributed by atoms with van der Waals surface area (Å²) in [5, 5.41) is 5.92. The zero-order valence-corrected chi connectivity index (χ0v) is 20.0. The first-order valence-electron chi connectivity index (χ1n) is 12.7. The van der Waals surface area contributed by atoms with Crippen LogP contribution < -0.4 is 4.90 Å². The van der Waals surface area contributed by atoms with Crippen molar-refractivity contribution in [3.8, 4) is 5.82 Å². The van der Waals surface area contributed by atoms with Crippen LogP contribution in [0.25, 0.3) is 16.7 Å². The van der Waals surface area contributed by atoms with Gasteiger partial charge in [0, 0.05) is 31.0 Å². The van der Waals surface area contributed by atoms with Gasteiger partial charge in [-0.25, -0.2) is 14.6 Å². The molecule has 8 heteroatoms. The smallest absolute Gasteiger partial charge is 0.159 e. The molecule has 0 aliphatic carbocycles. The number of morpholine rings is 1. The Morgan fingerprint density at radius 3 is 2.38 bits per heavy atom. The molecule has 2 atom stereocenters. The van der Waals surface area contributed by atoms with Crippen molar-refractivity contribution in [1.29, 1.82) is 0 Å². The molecule has 0 saturated carbocycles. The molecule has 5 fully saturated rings. The summed E-state index contributed by atoms with van der Waals surface area (Å²) in [4.78, 5) is 14.5. The number of anilines is 1. The van der Waals surface area contributed by atoms with Gasteiger partial charge in [-0.15, -0.1) is 0 Å². The van der Waals surface area contributed by atoms with Crippen molar-refractivity contribution < 1.29 is 9.47 Å². The quantitative estimate of drug-likeness (QED) is 0.593. The van der Waals surface area contributed by atoms with Crippen LogP contribution in [0.3, 0.4) is 0 Å². The van der Waals surface area contributed by atoms with Gasteiger partial charge >= 0.3 is 0 Å². The lowest BCUT2D eigenvalue weighted by molar-refractivity contribution is -0.133. The first-order chi connectivity index (χ1) is 16.6. The van der Waals surface area contributed by atoms with Crippen LogP contribution in [-0.2, 0) is 9.47 Å². The molecule has 2 unspecified atom stereocenters. The zero-order valence-electron chi connectivity index (χ0n) is 20.0. The van der Waals surface area contributed by atoms with Crippen LogP contribution in [0.2, 0.25) is 0 Å². The number of hydrogen-bond acceptors (Lipinski definition) is 7. The third-order valence-corrected chi connectivity index (χ3v) is 8.17. The second kappa shape index (κ2) is 8.00. The molecule has 1 aromatic carbocycles. The van der Waals surface area contributed by atoms with Crippen molar-refractivity contribution in [3.05, 3.63) is 41.3 Å².